The summed E-state index contributed by atoms with van der Waals surface area (Å²) < 4.78 is 11.0. The molecule has 0 aromatic heterocycles. The molecule has 1 unspecified atom stereocenters. The Bertz CT molecular complexity index is 377. The van der Waals surface area contributed by atoms with E-state index in [0.717, 1.165) is 24.5 Å². The first-order valence-corrected chi connectivity index (χ1v) is 6.38. The van der Waals surface area contributed by atoms with Gasteiger partial charge >= 0.3 is 0 Å². The van der Waals surface area contributed by atoms with Gasteiger partial charge in [0.2, 0.25) is 0 Å². The van der Waals surface area contributed by atoms with Crippen molar-refractivity contribution in [2.45, 2.75) is 26.3 Å². The molecule has 0 heterocycles. The fraction of sp³-hybridized carbons (Fsp3) is 0.467. The third kappa shape index (κ3) is 4.08. The van der Waals surface area contributed by atoms with E-state index in [9.17, 15) is 0 Å². The molecule has 1 aromatic carbocycles. The highest BCUT2D eigenvalue weighted by Gasteiger charge is 2.09. The number of ether oxygens (including phenoxy) is 2. The molecule has 0 aliphatic carbocycles. The van der Waals surface area contributed by atoms with Gasteiger partial charge in [-0.25, -0.2) is 0 Å². The number of hydrogen-bond acceptors (Lipinski definition) is 3. The van der Waals surface area contributed by atoms with Gasteiger partial charge in [0.1, 0.15) is 0 Å². The summed E-state index contributed by atoms with van der Waals surface area (Å²) in [6, 6.07) is 6.37. The van der Waals surface area contributed by atoms with E-state index in [1.807, 2.05) is 18.2 Å². The van der Waals surface area contributed by atoms with Gasteiger partial charge in [-0.15, -0.1) is 6.58 Å². The molecule has 1 N–H and O–H groups in total. The molecule has 0 saturated heterocycles. The van der Waals surface area contributed by atoms with E-state index in [1.54, 1.807) is 7.11 Å². The van der Waals surface area contributed by atoms with Gasteiger partial charge in [0, 0.05) is 6.04 Å². The SMILES string of the molecule is C=CCCOc1ccc(C(C)NCC)cc1OC. The maximum atomic E-state index is 5.65. The number of benzene rings is 1. The first kappa shape index (κ1) is 14.6. The molecule has 3 heteroatoms. The summed E-state index contributed by atoms with van der Waals surface area (Å²) in [6.07, 6.45) is 2.67. The Morgan fingerprint density at radius 1 is 1.39 bits per heavy atom. The van der Waals surface area contributed by atoms with Gasteiger partial charge in [0.15, 0.2) is 11.5 Å². The smallest absolute Gasteiger partial charge is 0.161 e. The van der Waals surface area contributed by atoms with Gasteiger partial charge in [-0.3, -0.25) is 0 Å². The van der Waals surface area contributed by atoms with E-state index in [-0.39, 0.29) is 0 Å². The second kappa shape index (κ2) is 7.77. The third-order valence-electron chi connectivity index (χ3n) is 2.78. The minimum atomic E-state index is 0.311. The maximum absolute atomic E-state index is 5.65. The predicted molar refractivity (Wildman–Crippen MR) is 75.4 cm³/mol. The Morgan fingerprint density at radius 3 is 2.78 bits per heavy atom. The van der Waals surface area contributed by atoms with Crippen LogP contribution in [0.2, 0.25) is 0 Å². The van der Waals surface area contributed by atoms with Crippen LogP contribution in [0.1, 0.15) is 31.9 Å². The summed E-state index contributed by atoms with van der Waals surface area (Å²) in [5.41, 5.74) is 1.20. The van der Waals surface area contributed by atoms with Crippen molar-refractivity contribution in [1.82, 2.24) is 5.32 Å². The Morgan fingerprint density at radius 2 is 2.17 bits per heavy atom. The topological polar surface area (TPSA) is 30.5 Å². The molecule has 0 saturated carbocycles. The molecule has 0 aliphatic rings. The van der Waals surface area contributed by atoms with Crippen molar-refractivity contribution in [1.29, 1.82) is 0 Å². The van der Waals surface area contributed by atoms with Crippen LogP contribution in [0.3, 0.4) is 0 Å². The number of nitrogens with one attached hydrogen (secondary N) is 1. The Balaban J connectivity index is 2.78. The molecule has 1 rings (SSSR count). The van der Waals surface area contributed by atoms with E-state index >= 15 is 0 Å². The van der Waals surface area contributed by atoms with Gasteiger partial charge in [0.25, 0.3) is 0 Å². The molecule has 0 bridgehead atoms. The summed E-state index contributed by atoms with van der Waals surface area (Å²) in [5.74, 6) is 1.56. The zero-order valence-electron chi connectivity index (χ0n) is 11.5. The van der Waals surface area contributed by atoms with Crippen LogP contribution in [-0.2, 0) is 0 Å². The number of methoxy groups -OCH3 is 1. The van der Waals surface area contributed by atoms with Gasteiger partial charge in [0.05, 0.1) is 13.7 Å². The van der Waals surface area contributed by atoms with Crippen molar-refractivity contribution >= 4 is 0 Å². The van der Waals surface area contributed by atoms with Crippen LogP contribution >= 0.6 is 0 Å². The number of hydrogen-bond donors (Lipinski definition) is 1. The predicted octanol–water partition coefficient (Wildman–Crippen LogP) is 3.32. The van der Waals surface area contributed by atoms with Crippen LogP contribution in [0.15, 0.2) is 30.9 Å². The van der Waals surface area contributed by atoms with Gasteiger partial charge in [-0.2, -0.15) is 0 Å². The van der Waals surface area contributed by atoms with Gasteiger partial charge < -0.3 is 14.8 Å². The average Bonchev–Trinajstić information content (AvgIpc) is 2.39. The second-order valence-electron chi connectivity index (χ2n) is 4.12. The highest BCUT2D eigenvalue weighted by molar-refractivity contribution is 5.43. The van der Waals surface area contributed by atoms with Crippen LogP contribution in [-0.4, -0.2) is 20.3 Å². The fourth-order valence-electron chi connectivity index (χ4n) is 1.75. The largest absolute Gasteiger partial charge is 0.493 e. The van der Waals surface area contributed by atoms with Crippen LogP contribution in [0, 0.1) is 0 Å². The van der Waals surface area contributed by atoms with E-state index in [2.05, 4.69) is 31.8 Å². The minimum Gasteiger partial charge on any atom is -0.493 e. The molecular formula is C15H23NO2. The standard InChI is InChI=1S/C15H23NO2/c1-5-7-10-18-14-9-8-13(11-15(14)17-4)12(3)16-6-2/h5,8-9,11-12,16H,1,6-7,10H2,2-4H3. The normalized spacial score (nSPS) is 11.9. The molecule has 0 fully saturated rings. The zero-order chi connectivity index (χ0) is 13.4. The molecule has 3 nitrogen and oxygen atoms in total. The highest BCUT2D eigenvalue weighted by Crippen LogP contribution is 2.30. The van der Waals surface area contributed by atoms with E-state index in [4.69, 9.17) is 9.47 Å². The quantitative estimate of drug-likeness (QED) is 0.566. The highest BCUT2D eigenvalue weighted by atomic mass is 16.5. The first-order chi connectivity index (χ1) is 8.72. The summed E-state index contributed by atoms with van der Waals surface area (Å²) in [6.45, 7) is 9.48. The van der Waals surface area contributed by atoms with Crippen molar-refractivity contribution in [2.24, 2.45) is 0 Å². The van der Waals surface area contributed by atoms with Crippen LogP contribution < -0.4 is 14.8 Å². The fourth-order valence-corrected chi connectivity index (χ4v) is 1.75. The van der Waals surface area contributed by atoms with Crippen LogP contribution in [0.5, 0.6) is 11.5 Å². The molecule has 100 valence electrons. The van der Waals surface area contributed by atoms with E-state index in [0.29, 0.717) is 12.6 Å². The van der Waals surface area contributed by atoms with E-state index < -0.39 is 0 Å². The molecular weight excluding hydrogens is 226 g/mol. The Labute approximate surface area is 110 Å². The summed E-state index contributed by atoms with van der Waals surface area (Å²) in [4.78, 5) is 0. The zero-order valence-corrected chi connectivity index (χ0v) is 11.5. The van der Waals surface area contributed by atoms with Crippen LogP contribution in [0.25, 0.3) is 0 Å². The molecule has 0 spiro atoms. The molecule has 0 aliphatic heterocycles. The molecule has 0 amide bonds. The van der Waals surface area contributed by atoms with Crippen molar-refractivity contribution < 1.29 is 9.47 Å². The van der Waals surface area contributed by atoms with Crippen LogP contribution in [0.4, 0.5) is 0 Å². The van der Waals surface area contributed by atoms with Crippen molar-refractivity contribution in [3.8, 4) is 11.5 Å². The lowest BCUT2D eigenvalue weighted by atomic mass is 10.1. The molecule has 1 atom stereocenters. The molecule has 1 aromatic rings. The number of rotatable bonds is 8. The Kier molecular flexibility index (Phi) is 6.29. The monoisotopic (exact) mass is 249 g/mol. The van der Waals surface area contributed by atoms with Crippen molar-refractivity contribution in [3.63, 3.8) is 0 Å². The van der Waals surface area contributed by atoms with Crippen molar-refractivity contribution in [3.05, 3.63) is 36.4 Å². The minimum absolute atomic E-state index is 0.311. The van der Waals surface area contributed by atoms with E-state index in [1.165, 1.54) is 5.56 Å². The third-order valence-corrected chi connectivity index (χ3v) is 2.78. The lowest BCUT2D eigenvalue weighted by Gasteiger charge is -2.16. The first-order valence-electron chi connectivity index (χ1n) is 6.38. The summed E-state index contributed by atoms with van der Waals surface area (Å²) in [7, 11) is 1.66. The van der Waals surface area contributed by atoms with Gasteiger partial charge in [-0.1, -0.05) is 19.1 Å². The summed E-state index contributed by atoms with van der Waals surface area (Å²) in [5, 5.41) is 3.38. The second-order valence-corrected chi connectivity index (χ2v) is 4.12. The summed E-state index contributed by atoms with van der Waals surface area (Å²) >= 11 is 0. The van der Waals surface area contributed by atoms with Crippen molar-refractivity contribution in [2.75, 3.05) is 20.3 Å². The maximum Gasteiger partial charge on any atom is 0.161 e. The molecule has 0 radical (unpaired) electrons. The lowest BCUT2D eigenvalue weighted by molar-refractivity contribution is 0.299. The lowest BCUT2D eigenvalue weighted by Crippen LogP contribution is -2.17. The molecule has 18 heavy (non-hydrogen) atoms. The average molecular weight is 249 g/mol. The Hall–Kier alpha value is -1.48. The van der Waals surface area contributed by atoms with Gasteiger partial charge in [-0.05, 0) is 37.6 Å².